The van der Waals surface area contributed by atoms with Gasteiger partial charge in [-0.25, -0.2) is 9.78 Å². The standard InChI is InChI=1S/C18H17ClN2O2/c1-14-11-17(19)21-12-16(14)9-5-6-10-20-18(22)23-13-15-7-3-2-4-8-15/h2-4,7-8,11-12H,6,10,13H2,1H3,(H,20,22). The van der Waals surface area contributed by atoms with Gasteiger partial charge in [-0.05, 0) is 24.1 Å². The molecule has 1 aromatic carbocycles. The summed E-state index contributed by atoms with van der Waals surface area (Å²) in [5, 5.41) is 3.12. The van der Waals surface area contributed by atoms with Gasteiger partial charge in [-0.1, -0.05) is 53.8 Å². The number of benzene rings is 1. The highest BCUT2D eigenvalue weighted by molar-refractivity contribution is 6.29. The monoisotopic (exact) mass is 328 g/mol. The van der Waals surface area contributed by atoms with Gasteiger partial charge in [-0.3, -0.25) is 0 Å². The van der Waals surface area contributed by atoms with E-state index in [4.69, 9.17) is 16.3 Å². The number of pyridine rings is 1. The maximum Gasteiger partial charge on any atom is 0.407 e. The molecule has 0 radical (unpaired) electrons. The second-order valence-corrected chi connectivity index (χ2v) is 5.25. The molecule has 118 valence electrons. The van der Waals surface area contributed by atoms with Gasteiger partial charge in [0.2, 0.25) is 0 Å². The predicted molar refractivity (Wildman–Crippen MR) is 90.1 cm³/mol. The van der Waals surface area contributed by atoms with Crippen LogP contribution in [-0.4, -0.2) is 17.6 Å². The molecule has 2 rings (SSSR count). The average Bonchev–Trinajstić information content (AvgIpc) is 2.55. The normalized spacial score (nSPS) is 9.65. The Morgan fingerprint density at radius 1 is 1.35 bits per heavy atom. The minimum absolute atomic E-state index is 0.258. The number of carbonyl (C=O) groups is 1. The van der Waals surface area contributed by atoms with E-state index in [1.807, 2.05) is 37.3 Å². The van der Waals surface area contributed by atoms with E-state index in [0.717, 1.165) is 16.7 Å². The lowest BCUT2D eigenvalue weighted by Gasteiger charge is -2.05. The first-order chi connectivity index (χ1) is 11.1. The highest BCUT2D eigenvalue weighted by Gasteiger charge is 2.01. The van der Waals surface area contributed by atoms with Gasteiger partial charge in [0.25, 0.3) is 0 Å². The Bertz CT molecular complexity index is 721. The summed E-state index contributed by atoms with van der Waals surface area (Å²) in [6, 6.07) is 11.3. The molecule has 0 unspecified atom stereocenters. The van der Waals surface area contributed by atoms with Crippen molar-refractivity contribution in [1.29, 1.82) is 0 Å². The van der Waals surface area contributed by atoms with Crippen molar-refractivity contribution in [3.8, 4) is 11.8 Å². The molecule has 1 heterocycles. The minimum atomic E-state index is -0.444. The molecule has 0 atom stereocenters. The number of aromatic nitrogens is 1. The van der Waals surface area contributed by atoms with Crippen molar-refractivity contribution in [3.05, 3.63) is 64.4 Å². The van der Waals surface area contributed by atoms with E-state index in [2.05, 4.69) is 22.1 Å². The molecule has 1 aromatic heterocycles. The minimum Gasteiger partial charge on any atom is -0.445 e. The first-order valence-corrected chi connectivity index (χ1v) is 7.58. The number of hydrogen-bond donors (Lipinski definition) is 1. The summed E-state index contributed by atoms with van der Waals surface area (Å²) in [7, 11) is 0. The summed E-state index contributed by atoms with van der Waals surface area (Å²) in [6.07, 6.45) is 1.73. The Morgan fingerprint density at radius 3 is 2.87 bits per heavy atom. The predicted octanol–water partition coefficient (Wildman–Crippen LogP) is 3.71. The first kappa shape index (κ1) is 16.9. The lowest BCUT2D eigenvalue weighted by molar-refractivity contribution is 0.140. The molecule has 1 N–H and O–H groups in total. The highest BCUT2D eigenvalue weighted by Crippen LogP contribution is 2.10. The molecule has 1 amide bonds. The topological polar surface area (TPSA) is 51.2 Å². The van der Waals surface area contributed by atoms with Crippen molar-refractivity contribution in [2.45, 2.75) is 20.0 Å². The van der Waals surface area contributed by atoms with E-state index in [9.17, 15) is 4.79 Å². The zero-order chi connectivity index (χ0) is 16.5. The van der Waals surface area contributed by atoms with E-state index in [1.54, 1.807) is 12.3 Å². The summed E-state index contributed by atoms with van der Waals surface area (Å²) < 4.78 is 5.10. The summed E-state index contributed by atoms with van der Waals surface area (Å²) in [6.45, 7) is 2.62. The van der Waals surface area contributed by atoms with Crippen LogP contribution in [0.3, 0.4) is 0 Å². The molecule has 0 spiro atoms. The van der Waals surface area contributed by atoms with Gasteiger partial charge in [0.15, 0.2) is 0 Å². The largest absolute Gasteiger partial charge is 0.445 e. The number of hydrogen-bond acceptors (Lipinski definition) is 3. The molecule has 4 nitrogen and oxygen atoms in total. The maximum atomic E-state index is 11.5. The summed E-state index contributed by atoms with van der Waals surface area (Å²) in [5.41, 5.74) is 2.77. The van der Waals surface area contributed by atoms with E-state index < -0.39 is 6.09 Å². The van der Waals surface area contributed by atoms with Crippen LogP contribution >= 0.6 is 11.6 Å². The average molecular weight is 329 g/mol. The van der Waals surface area contributed by atoms with Crippen LogP contribution < -0.4 is 5.32 Å². The molecular formula is C18H17ClN2O2. The Morgan fingerprint density at radius 2 is 2.13 bits per heavy atom. The summed E-state index contributed by atoms with van der Waals surface area (Å²) in [4.78, 5) is 15.5. The fraction of sp³-hybridized carbons (Fsp3) is 0.222. The van der Waals surface area contributed by atoms with Gasteiger partial charge in [0.1, 0.15) is 11.8 Å². The first-order valence-electron chi connectivity index (χ1n) is 7.21. The van der Waals surface area contributed by atoms with Gasteiger partial charge in [0, 0.05) is 24.7 Å². The van der Waals surface area contributed by atoms with E-state index in [-0.39, 0.29) is 6.61 Å². The number of alkyl carbamates (subject to hydrolysis) is 1. The van der Waals surface area contributed by atoms with E-state index in [1.165, 1.54) is 0 Å². The number of amides is 1. The fourth-order valence-corrected chi connectivity index (χ4v) is 2.02. The number of ether oxygens (including phenoxy) is 1. The second kappa shape index (κ2) is 8.82. The Hall–Kier alpha value is -2.51. The molecule has 0 saturated carbocycles. The van der Waals surface area contributed by atoms with Crippen LogP contribution in [0.15, 0.2) is 42.6 Å². The van der Waals surface area contributed by atoms with Gasteiger partial charge in [-0.2, -0.15) is 0 Å². The highest BCUT2D eigenvalue weighted by atomic mass is 35.5. The van der Waals surface area contributed by atoms with Crippen molar-refractivity contribution in [1.82, 2.24) is 10.3 Å². The molecule has 0 bridgehead atoms. The smallest absolute Gasteiger partial charge is 0.407 e. The van der Waals surface area contributed by atoms with Crippen molar-refractivity contribution in [2.75, 3.05) is 6.54 Å². The Kier molecular flexibility index (Phi) is 6.46. The summed E-state index contributed by atoms with van der Waals surface area (Å²) in [5.74, 6) is 6.00. The van der Waals surface area contributed by atoms with Crippen LogP contribution in [0.2, 0.25) is 5.15 Å². The van der Waals surface area contributed by atoms with Crippen LogP contribution in [-0.2, 0) is 11.3 Å². The van der Waals surface area contributed by atoms with Crippen LogP contribution in [0, 0.1) is 18.8 Å². The van der Waals surface area contributed by atoms with Gasteiger partial charge in [-0.15, -0.1) is 0 Å². The molecular weight excluding hydrogens is 312 g/mol. The number of rotatable bonds is 4. The van der Waals surface area contributed by atoms with E-state index >= 15 is 0 Å². The maximum absolute atomic E-state index is 11.5. The van der Waals surface area contributed by atoms with E-state index in [0.29, 0.717) is 18.1 Å². The fourth-order valence-electron chi connectivity index (χ4n) is 1.81. The lowest BCUT2D eigenvalue weighted by Crippen LogP contribution is -2.24. The number of carbonyl (C=O) groups excluding carboxylic acids is 1. The van der Waals surface area contributed by atoms with Gasteiger partial charge < -0.3 is 10.1 Å². The van der Waals surface area contributed by atoms with Crippen molar-refractivity contribution in [3.63, 3.8) is 0 Å². The number of aryl methyl sites for hydroxylation is 1. The van der Waals surface area contributed by atoms with Crippen molar-refractivity contribution >= 4 is 17.7 Å². The van der Waals surface area contributed by atoms with Crippen molar-refractivity contribution in [2.24, 2.45) is 0 Å². The lowest BCUT2D eigenvalue weighted by atomic mass is 10.1. The van der Waals surface area contributed by atoms with Crippen LogP contribution in [0.25, 0.3) is 0 Å². The van der Waals surface area contributed by atoms with Crippen LogP contribution in [0.4, 0.5) is 4.79 Å². The molecule has 23 heavy (non-hydrogen) atoms. The van der Waals surface area contributed by atoms with Gasteiger partial charge in [0.05, 0.1) is 0 Å². The molecule has 0 aliphatic carbocycles. The molecule has 0 aliphatic rings. The number of halogens is 1. The third kappa shape index (κ3) is 6.01. The molecule has 5 heteroatoms. The zero-order valence-electron chi connectivity index (χ0n) is 12.8. The Labute approximate surface area is 140 Å². The third-order valence-electron chi connectivity index (χ3n) is 3.03. The SMILES string of the molecule is Cc1cc(Cl)ncc1C#CCCNC(=O)OCc1ccccc1. The quantitative estimate of drug-likeness (QED) is 0.529. The molecule has 2 aromatic rings. The van der Waals surface area contributed by atoms with Gasteiger partial charge >= 0.3 is 6.09 Å². The second-order valence-electron chi connectivity index (χ2n) is 4.86. The molecule has 0 saturated heterocycles. The van der Waals surface area contributed by atoms with Crippen molar-refractivity contribution < 1.29 is 9.53 Å². The van der Waals surface area contributed by atoms with Crippen LogP contribution in [0.1, 0.15) is 23.1 Å². The third-order valence-corrected chi connectivity index (χ3v) is 3.24. The number of nitrogens with one attached hydrogen (secondary N) is 1. The summed E-state index contributed by atoms with van der Waals surface area (Å²) >= 11 is 5.79. The molecule has 0 fully saturated rings. The van der Waals surface area contributed by atoms with Crippen LogP contribution in [0.5, 0.6) is 0 Å². The Balaban J connectivity index is 1.69. The molecule has 0 aliphatic heterocycles. The zero-order valence-corrected chi connectivity index (χ0v) is 13.6. The number of nitrogens with zero attached hydrogens (tertiary/aromatic N) is 1.